The SMILES string of the molecule is ON=C(Cc1ccccc1)c1cccs1. The Morgan fingerprint density at radius 1 is 1.13 bits per heavy atom. The molecular weight excluding hydrogens is 206 g/mol. The molecule has 15 heavy (non-hydrogen) atoms. The maximum Gasteiger partial charge on any atom is 0.101 e. The minimum Gasteiger partial charge on any atom is -0.411 e. The molecule has 0 fully saturated rings. The van der Waals surface area contributed by atoms with Crippen molar-refractivity contribution in [2.45, 2.75) is 6.42 Å². The van der Waals surface area contributed by atoms with Crippen molar-refractivity contribution in [3.05, 3.63) is 58.3 Å². The number of hydrogen-bond acceptors (Lipinski definition) is 3. The first-order valence-corrected chi connectivity index (χ1v) is 5.57. The van der Waals surface area contributed by atoms with Gasteiger partial charge in [0.25, 0.3) is 0 Å². The van der Waals surface area contributed by atoms with Crippen molar-refractivity contribution in [2.24, 2.45) is 5.16 Å². The van der Waals surface area contributed by atoms with Crippen molar-refractivity contribution in [3.63, 3.8) is 0 Å². The molecule has 0 saturated heterocycles. The lowest BCUT2D eigenvalue weighted by molar-refractivity contribution is 0.318. The van der Waals surface area contributed by atoms with E-state index in [-0.39, 0.29) is 0 Å². The van der Waals surface area contributed by atoms with Gasteiger partial charge in [-0.1, -0.05) is 41.6 Å². The molecule has 0 spiro atoms. The van der Waals surface area contributed by atoms with Gasteiger partial charge in [-0.2, -0.15) is 0 Å². The summed E-state index contributed by atoms with van der Waals surface area (Å²) in [5.74, 6) is 0. The topological polar surface area (TPSA) is 32.6 Å². The Kier molecular flexibility index (Phi) is 3.15. The van der Waals surface area contributed by atoms with E-state index in [1.165, 1.54) is 0 Å². The molecule has 2 aromatic rings. The van der Waals surface area contributed by atoms with E-state index >= 15 is 0 Å². The summed E-state index contributed by atoms with van der Waals surface area (Å²) in [7, 11) is 0. The van der Waals surface area contributed by atoms with Gasteiger partial charge in [-0.25, -0.2) is 0 Å². The van der Waals surface area contributed by atoms with Crippen molar-refractivity contribution in [3.8, 4) is 0 Å². The number of nitrogens with zero attached hydrogens (tertiary/aromatic N) is 1. The molecule has 0 unspecified atom stereocenters. The van der Waals surface area contributed by atoms with Gasteiger partial charge < -0.3 is 5.21 Å². The van der Waals surface area contributed by atoms with E-state index in [4.69, 9.17) is 5.21 Å². The van der Waals surface area contributed by atoms with Gasteiger partial charge in [0.05, 0.1) is 4.88 Å². The minimum absolute atomic E-state index is 0.665. The van der Waals surface area contributed by atoms with Gasteiger partial charge in [-0.15, -0.1) is 11.3 Å². The Bertz CT molecular complexity index is 434. The summed E-state index contributed by atoms with van der Waals surface area (Å²) in [6.07, 6.45) is 0.665. The molecule has 0 bridgehead atoms. The van der Waals surface area contributed by atoms with E-state index < -0.39 is 0 Å². The van der Waals surface area contributed by atoms with Crippen LogP contribution in [-0.4, -0.2) is 10.9 Å². The van der Waals surface area contributed by atoms with Gasteiger partial charge in [0.2, 0.25) is 0 Å². The van der Waals surface area contributed by atoms with Crippen molar-refractivity contribution >= 4 is 17.0 Å². The Balaban J connectivity index is 2.18. The molecule has 76 valence electrons. The zero-order valence-electron chi connectivity index (χ0n) is 8.13. The van der Waals surface area contributed by atoms with Crippen LogP contribution in [0.25, 0.3) is 0 Å². The maximum atomic E-state index is 8.95. The maximum absolute atomic E-state index is 8.95. The number of thiophene rings is 1. The molecule has 0 radical (unpaired) electrons. The van der Waals surface area contributed by atoms with Crippen molar-refractivity contribution in [1.82, 2.24) is 0 Å². The summed E-state index contributed by atoms with van der Waals surface area (Å²) >= 11 is 1.58. The lowest BCUT2D eigenvalue weighted by Crippen LogP contribution is -2.02. The number of benzene rings is 1. The third-order valence-electron chi connectivity index (χ3n) is 2.14. The van der Waals surface area contributed by atoms with Gasteiger partial charge in [0.1, 0.15) is 5.71 Å². The first kappa shape index (κ1) is 9.93. The second kappa shape index (κ2) is 4.75. The fourth-order valence-electron chi connectivity index (χ4n) is 1.40. The third-order valence-corrected chi connectivity index (χ3v) is 3.06. The summed E-state index contributed by atoms with van der Waals surface area (Å²) in [5, 5.41) is 14.3. The van der Waals surface area contributed by atoms with Crippen LogP contribution in [0.2, 0.25) is 0 Å². The summed E-state index contributed by atoms with van der Waals surface area (Å²) in [6.45, 7) is 0. The lowest BCUT2D eigenvalue weighted by Gasteiger charge is -2.01. The van der Waals surface area contributed by atoms with Crippen LogP contribution in [0.3, 0.4) is 0 Å². The average molecular weight is 217 g/mol. The van der Waals surface area contributed by atoms with Crippen LogP contribution in [0.15, 0.2) is 53.0 Å². The van der Waals surface area contributed by atoms with Gasteiger partial charge in [-0.05, 0) is 17.0 Å². The molecule has 1 aromatic heterocycles. The molecule has 0 aliphatic rings. The van der Waals surface area contributed by atoms with Crippen LogP contribution in [0.1, 0.15) is 10.4 Å². The monoisotopic (exact) mass is 217 g/mol. The molecule has 0 atom stereocenters. The Hall–Kier alpha value is -1.61. The first-order valence-electron chi connectivity index (χ1n) is 4.69. The molecule has 2 rings (SSSR count). The van der Waals surface area contributed by atoms with Gasteiger partial charge in [-0.3, -0.25) is 0 Å². The minimum atomic E-state index is 0.665. The van der Waals surface area contributed by atoms with Crippen LogP contribution in [0.4, 0.5) is 0 Å². The highest BCUT2D eigenvalue weighted by atomic mass is 32.1. The predicted octanol–water partition coefficient (Wildman–Crippen LogP) is 3.17. The Labute approximate surface area is 92.5 Å². The highest BCUT2D eigenvalue weighted by Gasteiger charge is 2.06. The largest absolute Gasteiger partial charge is 0.411 e. The summed E-state index contributed by atoms with van der Waals surface area (Å²) in [6, 6.07) is 13.9. The summed E-state index contributed by atoms with van der Waals surface area (Å²) in [4.78, 5) is 1.02. The quantitative estimate of drug-likeness (QED) is 0.478. The van der Waals surface area contributed by atoms with Crippen LogP contribution < -0.4 is 0 Å². The number of hydrogen-bond donors (Lipinski definition) is 1. The number of rotatable bonds is 3. The highest BCUT2D eigenvalue weighted by molar-refractivity contribution is 7.12. The second-order valence-corrected chi connectivity index (χ2v) is 4.13. The Morgan fingerprint density at radius 2 is 1.93 bits per heavy atom. The van der Waals surface area contributed by atoms with Crippen LogP contribution >= 0.6 is 11.3 Å². The van der Waals surface area contributed by atoms with Crippen molar-refractivity contribution in [2.75, 3.05) is 0 Å². The summed E-state index contributed by atoms with van der Waals surface area (Å²) < 4.78 is 0. The molecule has 1 N–H and O–H groups in total. The molecule has 2 nitrogen and oxygen atoms in total. The summed E-state index contributed by atoms with van der Waals surface area (Å²) in [5.41, 5.74) is 1.87. The zero-order valence-corrected chi connectivity index (χ0v) is 8.95. The lowest BCUT2D eigenvalue weighted by atomic mass is 10.1. The fraction of sp³-hybridized carbons (Fsp3) is 0.0833. The van der Waals surface area contributed by atoms with E-state index in [1.807, 2.05) is 47.8 Å². The van der Waals surface area contributed by atoms with Gasteiger partial charge in [0.15, 0.2) is 0 Å². The normalized spacial score (nSPS) is 11.6. The molecule has 1 heterocycles. The standard InChI is InChI=1S/C12H11NOS/c14-13-11(12-7-4-8-15-12)9-10-5-2-1-3-6-10/h1-8,14H,9H2. The van der Waals surface area contributed by atoms with Crippen LogP contribution in [-0.2, 0) is 6.42 Å². The molecule has 1 aromatic carbocycles. The highest BCUT2D eigenvalue weighted by Crippen LogP contribution is 2.13. The molecule has 0 aliphatic heterocycles. The van der Waals surface area contributed by atoms with E-state index in [0.717, 1.165) is 16.2 Å². The van der Waals surface area contributed by atoms with Crippen LogP contribution in [0, 0.1) is 0 Å². The zero-order chi connectivity index (χ0) is 10.5. The molecule has 0 amide bonds. The van der Waals surface area contributed by atoms with Crippen molar-refractivity contribution in [1.29, 1.82) is 0 Å². The van der Waals surface area contributed by atoms with E-state index in [2.05, 4.69) is 5.16 Å². The average Bonchev–Trinajstić information content (AvgIpc) is 2.81. The molecular formula is C12H11NOS. The van der Waals surface area contributed by atoms with Gasteiger partial charge >= 0.3 is 0 Å². The second-order valence-electron chi connectivity index (χ2n) is 3.19. The number of oxime groups is 1. The van der Waals surface area contributed by atoms with E-state index in [1.54, 1.807) is 11.3 Å². The molecule has 3 heteroatoms. The predicted molar refractivity (Wildman–Crippen MR) is 62.8 cm³/mol. The first-order chi connectivity index (χ1) is 7.40. The molecule has 0 saturated carbocycles. The van der Waals surface area contributed by atoms with Crippen LogP contribution in [0.5, 0.6) is 0 Å². The smallest absolute Gasteiger partial charge is 0.101 e. The molecule has 0 aliphatic carbocycles. The van der Waals surface area contributed by atoms with E-state index in [0.29, 0.717) is 6.42 Å². The fourth-order valence-corrected chi connectivity index (χ4v) is 2.11. The van der Waals surface area contributed by atoms with Crippen molar-refractivity contribution < 1.29 is 5.21 Å². The van der Waals surface area contributed by atoms with Gasteiger partial charge in [0, 0.05) is 6.42 Å². The van der Waals surface area contributed by atoms with E-state index in [9.17, 15) is 0 Å². The Morgan fingerprint density at radius 3 is 2.53 bits per heavy atom. The third kappa shape index (κ3) is 2.44.